The van der Waals surface area contributed by atoms with Gasteiger partial charge in [-0.05, 0) is 31.2 Å². The van der Waals surface area contributed by atoms with Crippen LogP contribution in [-0.2, 0) is 24.1 Å². The van der Waals surface area contributed by atoms with E-state index in [4.69, 9.17) is 9.47 Å². The number of carbonyl (C=O) groups is 2. The second-order valence-electron chi connectivity index (χ2n) is 4.82. The fourth-order valence-corrected chi connectivity index (χ4v) is 2.47. The van der Waals surface area contributed by atoms with Gasteiger partial charge in [0.05, 0.1) is 18.1 Å². The Morgan fingerprint density at radius 1 is 1.17 bits per heavy atom. The van der Waals surface area contributed by atoms with E-state index < -0.39 is 21.7 Å². The predicted octanol–water partition coefficient (Wildman–Crippen LogP) is 0.742. The monoisotopic (exact) mass is 343 g/mol. The van der Waals surface area contributed by atoms with Crippen LogP contribution in [0.1, 0.15) is 17.3 Å². The summed E-state index contributed by atoms with van der Waals surface area (Å²) >= 11 is 0. The quantitative estimate of drug-likeness (QED) is 0.647. The molecule has 1 aromatic carbocycles. The van der Waals surface area contributed by atoms with Gasteiger partial charge in [-0.25, -0.2) is 8.42 Å². The molecule has 0 heterocycles. The highest BCUT2D eigenvalue weighted by Crippen LogP contribution is 2.12. The van der Waals surface area contributed by atoms with E-state index in [2.05, 4.69) is 0 Å². The summed E-state index contributed by atoms with van der Waals surface area (Å²) in [5.41, 5.74) is 0.290. The Morgan fingerprint density at radius 2 is 1.78 bits per heavy atom. The van der Waals surface area contributed by atoms with Gasteiger partial charge in [-0.15, -0.1) is 0 Å². The highest BCUT2D eigenvalue weighted by molar-refractivity contribution is 7.90. The first-order chi connectivity index (χ1) is 10.8. The van der Waals surface area contributed by atoms with Gasteiger partial charge in [0.2, 0.25) is 0 Å². The molecule has 0 spiro atoms. The maximum atomic E-state index is 12.5. The fourth-order valence-electron chi connectivity index (χ4n) is 1.84. The molecule has 23 heavy (non-hydrogen) atoms. The molecule has 0 unspecified atom stereocenters. The number of hydrogen-bond donors (Lipinski definition) is 0. The number of methoxy groups -OCH3 is 1. The minimum absolute atomic E-state index is 0.128. The van der Waals surface area contributed by atoms with Crippen LogP contribution in [0.4, 0.5) is 0 Å². The van der Waals surface area contributed by atoms with Crippen molar-refractivity contribution in [1.82, 2.24) is 4.90 Å². The molecule has 0 aliphatic heterocycles. The average Bonchev–Trinajstić information content (AvgIpc) is 2.50. The van der Waals surface area contributed by atoms with E-state index >= 15 is 0 Å². The standard InChI is InChI=1S/C15H21NO6S/c1-4-22-14(17)11-16(9-10-21-2)15(18)12-5-7-13(8-6-12)23(3,19)20/h5-8H,4,9-11H2,1-3H3. The van der Waals surface area contributed by atoms with Crippen LogP contribution in [-0.4, -0.2) is 64.9 Å². The molecule has 0 radical (unpaired) electrons. The lowest BCUT2D eigenvalue weighted by Gasteiger charge is -2.21. The molecule has 0 bridgehead atoms. The van der Waals surface area contributed by atoms with Crippen molar-refractivity contribution >= 4 is 21.7 Å². The molecule has 0 saturated carbocycles. The molecule has 0 fully saturated rings. The van der Waals surface area contributed by atoms with E-state index in [0.717, 1.165) is 6.26 Å². The second-order valence-corrected chi connectivity index (χ2v) is 6.84. The van der Waals surface area contributed by atoms with E-state index in [0.29, 0.717) is 0 Å². The predicted molar refractivity (Wildman–Crippen MR) is 84.0 cm³/mol. The Bertz CT molecular complexity index is 638. The minimum Gasteiger partial charge on any atom is -0.465 e. The third kappa shape index (κ3) is 5.99. The third-order valence-corrected chi connectivity index (χ3v) is 4.14. The molecule has 1 rings (SSSR count). The topological polar surface area (TPSA) is 90.0 Å². The molecular formula is C15H21NO6S. The van der Waals surface area contributed by atoms with Gasteiger partial charge in [0, 0.05) is 25.5 Å². The number of sulfone groups is 1. The molecule has 0 N–H and O–H groups in total. The smallest absolute Gasteiger partial charge is 0.325 e. The lowest BCUT2D eigenvalue weighted by atomic mass is 10.2. The van der Waals surface area contributed by atoms with Gasteiger partial charge >= 0.3 is 5.97 Å². The van der Waals surface area contributed by atoms with Crippen LogP contribution in [0.3, 0.4) is 0 Å². The number of carbonyl (C=O) groups excluding carboxylic acids is 2. The summed E-state index contributed by atoms with van der Waals surface area (Å²) in [6.07, 6.45) is 1.09. The van der Waals surface area contributed by atoms with E-state index in [1.807, 2.05) is 0 Å². The Hall–Kier alpha value is -1.93. The highest BCUT2D eigenvalue weighted by Gasteiger charge is 2.20. The fraction of sp³-hybridized carbons (Fsp3) is 0.467. The number of hydrogen-bond acceptors (Lipinski definition) is 6. The number of ether oxygens (including phenoxy) is 2. The van der Waals surface area contributed by atoms with Crippen molar-refractivity contribution in [2.24, 2.45) is 0 Å². The minimum atomic E-state index is -3.33. The summed E-state index contributed by atoms with van der Waals surface area (Å²) in [6.45, 7) is 2.22. The van der Waals surface area contributed by atoms with Crippen LogP contribution in [0.15, 0.2) is 29.2 Å². The normalized spacial score (nSPS) is 11.1. The van der Waals surface area contributed by atoms with Crippen molar-refractivity contribution < 1.29 is 27.5 Å². The molecular weight excluding hydrogens is 322 g/mol. The molecule has 0 aliphatic carbocycles. The van der Waals surface area contributed by atoms with E-state index in [1.165, 1.54) is 36.3 Å². The van der Waals surface area contributed by atoms with Gasteiger partial charge in [-0.1, -0.05) is 0 Å². The molecule has 0 aliphatic rings. The molecule has 7 nitrogen and oxygen atoms in total. The van der Waals surface area contributed by atoms with Crippen LogP contribution in [0, 0.1) is 0 Å². The van der Waals surface area contributed by atoms with Gasteiger partial charge in [0.25, 0.3) is 5.91 Å². The number of amides is 1. The molecule has 1 aromatic rings. The van der Waals surface area contributed by atoms with Gasteiger partial charge in [-0.3, -0.25) is 9.59 Å². The molecule has 0 atom stereocenters. The zero-order valence-electron chi connectivity index (χ0n) is 13.4. The summed E-state index contributed by atoms with van der Waals surface area (Å²) in [5, 5.41) is 0. The van der Waals surface area contributed by atoms with Crippen molar-refractivity contribution in [2.45, 2.75) is 11.8 Å². The first kappa shape index (κ1) is 19.1. The van der Waals surface area contributed by atoms with Gasteiger partial charge in [0.15, 0.2) is 9.84 Å². The Labute approximate surface area is 136 Å². The van der Waals surface area contributed by atoms with E-state index in [-0.39, 0.29) is 36.8 Å². The molecule has 1 amide bonds. The van der Waals surface area contributed by atoms with Crippen molar-refractivity contribution in [3.8, 4) is 0 Å². The van der Waals surface area contributed by atoms with Crippen molar-refractivity contribution in [1.29, 1.82) is 0 Å². The molecule has 0 aromatic heterocycles. The highest BCUT2D eigenvalue weighted by atomic mass is 32.2. The first-order valence-corrected chi connectivity index (χ1v) is 8.92. The zero-order chi connectivity index (χ0) is 17.5. The summed E-state index contributed by atoms with van der Waals surface area (Å²) in [7, 11) is -1.83. The van der Waals surface area contributed by atoms with Gasteiger partial charge in [0.1, 0.15) is 6.54 Å². The van der Waals surface area contributed by atoms with Crippen LogP contribution >= 0.6 is 0 Å². The third-order valence-electron chi connectivity index (χ3n) is 3.01. The average molecular weight is 343 g/mol. The van der Waals surface area contributed by atoms with Crippen LogP contribution in [0.5, 0.6) is 0 Å². The Balaban J connectivity index is 2.92. The van der Waals surface area contributed by atoms with Crippen molar-refractivity contribution in [3.05, 3.63) is 29.8 Å². The van der Waals surface area contributed by atoms with E-state index in [1.54, 1.807) is 6.92 Å². The van der Waals surface area contributed by atoms with E-state index in [9.17, 15) is 18.0 Å². The summed E-state index contributed by atoms with van der Waals surface area (Å²) in [6, 6.07) is 5.57. The maximum absolute atomic E-state index is 12.5. The molecule has 8 heteroatoms. The Kier molecular flexibility index (Phi) is 7.18. The van der Waals surface area contributed by atoms with Crippen molar-refractivity contribution in [3.63, 3.8) is 0 Å². The lowest BCUT2D eigenvalue weighted by Crippen LogP contribution is -2.38. The van der Waals surface area contributed by atoms with Gasteiger partial charge < -0.3 is 14.4 Å². The largest absolute Gasteiger partial charge is 0.465 e. The second kappa shape index (κ2) is 8.64. The van der Waals surface area contributed by atoms with Crippen molar-refractivity contribution in [2.75, 3.05) is 39.7 Å². The summed E-state index contributed by atoms with van der Waals surface area (Å²) in [5.74, 6) is -0.903. The first-order valence-electron chi connectivity index (χ1n) is 7.03. The SMILES string of the molecule is CCOC(=O)CN(CCOC)C(=O)c1ccc(S(C)(=O)=O)cc1. The van der Waals surface area contributed by atoms with Crippen LogP contribution in [0.2, 0.25) is 0 Å². The summed E-state index contributed by atoms with van der Waals surface area (Å²) in [4.78, 5) is 25.5. The molecule has 128 valence electrons. The van der Waals surface area contributed by atoms with Crippen LogP contribution < -0.4 is 0 Å². The lowest BCUT2D eigenvalue weighted by molar-refractivity contribution is -0.143. The number of nitrogens with zero attached hydrogens (tertiary/aromatic N) is 1. The number of benzene rings is 1. The zero-order valence-corrected chi connectivity index (χ0v) is 14.3. The molecule has 0 saturated heterocycles. The summed E-state index contributed by atoms with van der Waals surface area (Å²) < 4.78 is 32.7. The Morgan fingerprint density at radius 3 is 2.26 bits per heavy atom. The van der Waals surface area contributed by atoms with Crippen LogP contribution in [0.25, 0.3) is 0 Å². The number of rotatable bonds is 8. The maximum Gasteiger partial charge on any atom is 0.325 e. The van der Waals surface area contributed by atoms with Gasteiger partial charge in [-0.2, -0.15) is 0 Å². The number of esters is 1.